The number of halogens is 3. The maximum Gasteiger partial charge on any atom is 0.416 e. The third kappa shape index (κ3) is 7.28. The van der Waals surface area contributed by atoms with Gasteiger partial charge in [0.2, 0.25) is 10.0 Å². The van der Waals surface area contributed by atoms with Gasteiger partial charge in [0.15, 0.2) is 0 Å². The van der Waals surface area contributed by atoms with Gasteiger partial charge in [0.1, 0.15) is 0 Å². The number of alkyl halides is 3. The zero-order valence-corrected chi connectivity index (χ0v) is 22.6. The van der Waals surface area contributed by atoms with Crippen LogP contribution in [0.3, 0.4) is 0 Å². The topological polar surface area (TPSA) is 90.5 Å². The van der Waals surface area contributed by atoms with Crippen molar-refractivity contribution in [2.75, 3.05) is 18.4 Å². The number of rotatable bonds is 8. The third-order valence-corrected chi connectivity index (χ3v) is 8.63. The average molecular weight is 563 g/mol. The molecule has 2 amide bonds. The molecule has 1 saturated heterocycles. The summed E-state index contributed by atoms with van der Waals surface area (Å²) in [5.74, 6) is 0. The summed E-state index contributed by atoms with van der Waals surface area (Å²) < 4.78 is 68.6. The molecule has 7 nitrogen and oxygen atoms in total. The average Bonchev–Trinajstić information content (AvgIpc) is 2.88. The summed E-state index contributed by atoms with van der Waals surface area (Å²) in [6.07, 6.45) is -1.50. The fraction of sp³-hybridized carbons (Fsp3) is 0.393. The summed E-state index contributed by atoms with van der Waals surface area (Å²) in [7, 11) is -3.93. The molecule has 3 atom stereocenters. The van der Waals surface area contributed by atoms with Crippen molar-refractivity contribution in [2.45, 2.75) is 62.3 Å². The number of piperidine rings is 1. The molecule has 3 aromatic rings. The maximum absolute atomic E-state index is 13.3. The van der Waals surface area contributed by atoms with E-state index in [1.54, 1.807) is 18.2 Å². The van der Waals surface area contributed by atoms with E-state index in [0.29, 0.717) is 11.9 Å². The number of nitrogens with one attached hydrogen (secondary N) is 3. The minimum absolute atomic E-state index is 0.0166. The van der Waals surface area contributed by atoms with Gasteiger partial charge in [-0.15, -0.1) is 0 Å². The van der Waals surface area contributed by atoms with E-state index in [4.69, 9.17) is 0 Å². The van der Waals surface area contributed by atoms with Crippen molar-refractivity contribution in [1.29, 1.82) is 0 Å². The fourth-order valence-electron chi connectivity index (χ4n) is 5.09. The van der Waals surface area contributed by atoms with Crippen LogP contribution >= 0.6 is 0 Å². The standard InChI is InChI=1S/C28H33F3N4O3S/c1-19-8-5-9-20(2)35(19)18-24(34-27(36)33-23-13-7-12-22(16-23)28(29,30)31)17-32-39(37,38)26-15-6-11-21-10-3-4-14-25(21)26/h3-4,6-7,10-16,19-20,24,32H,5,8-9,17-18H2,1-2H3,(H2,33,34,36)/t19-,20+,24-/m0/s1. The minimum atomic E-state index is -4.54. The molecule has 0 saturated carbocycles. The molecule has 1 fully saturated rings. The number of likely N-dealkylation sites (tertiary alicyclic amines) is 1. The number of nitrogens with zero attached hydrogens (tertiary/aromatic N) is 1. The molecule has 1 heterocycles. The molecule has 39 heavy (non-hydrogen) atoms. The number of benzene rings is 3. The van der Waals surface area contributed by atoms with Crippen LogP contribution in [0, 0.1) is 0 Å². The van der Waals surface area contributed by atoms with Gasteiger partial charge < -0.3 is 10.6 Å². The van der Waals surface area contributed by atoms with Crippen LogP contribution in [-0.4, -0.2) is 50.6 Å². The van der Waals surface area contributed by atoms with Gasteiger partial charge in [-0.25, -0.2) is 17.9 Å². The molecule has 1 aliphatic heterocycles. The molecule has 11 heteroatoms. The summed E-state index contributed by atoms with van der Waals surface area (Å²) in [6.45, 7) is 4.46. The molecule has 0 aromatic heterocycles. The van der Waals surface area contributed by atoms with Crippen molar-refractivity contribution in [3.05, 3.63) is 72.3 Å². The highest BCUT2D eigenvalue weighted by atomic mass is 32.2. The van der Waals surface area contributed by atoms with Crippen LogP contribution in [-0.2, 0) is 16.2 Å². The highest BCUT2D eigenvalue weighted by molar-refractivity contribution is 7.89. The molecular formula is C28H33F3N4O3S. The van der Waals surface area contributed by atoms with Crippen molar-refractivity contribution in [3.8, 4) is 0 Å². The lowest BCUT2D eigenvalue weighted by Gasteiger charge is -2.41. The van der Waals surface area contributed by atoms with Crippen LogP contribution in [0.2, 0.25) is 0 Å². The first kappa shape index (κ1) is 28.8. The monoisotopic (exact) mass is 562 g/mol. The molecule has 0 bridgehead atoms. The first-order valence-electron chi connectivity index (χ1n) is 12.9. The Morgan fingerprint density at radius 1 is 1.00 bits per heavy atom. The van der Waals surface area contributed by atoms with Crippen LogP contribution in [0.1, 0.15) is 38.7 Å². The van der Waals surface area contributed by atoms with Gasteiger partial charge in [-0.2, -0.15) is 13.2 Å². The van der Waals surface area contributed by atoms with Gasteiger partial charge in [0.05, 0.1) is 16.5 Å². The molecular weight excluding hydrogens is 529 g/mol. The van der Waals surface area contributed by atoms with E-state index in [9.17, 15) is 26.4 Å². The van der Waals surface area contributed by atoms with Crippen molar-refractivity contribution < 1.29 is 26.4 Å². The van der Waals surface area contributed by atoms with Crippen LogP contribution in [0.5, 0.6) is 0 Å². The van der Waals surface area contributed by atoms with Gasteiger partial charge in [-0.05, 0) is 56.3 Å². The van der Waals surface area contributed by atoms with Gasteiger partial charge in [0.25, 0.3) is 0 Å². The Morgan fingerprint density at radius 3 is 2.38 bits per heavy atom. The Hall–Kier alpha value is -3.15. The van der Waals surface area contributed by atoms with Gasteiger partial charge in [0, 0.05) is 36.2 Å². The van der Waals surface area contributed by atoms with Gasteiger partial charge in [-0.3, -0.25) is 4.90 Å². The van der Waals surface area contributed by atoms with Crippen LogP contribution in [0.4, 0.5) is 23.7 Å². The van der Waals surface area contributed by atoms with E-state index in [2.05, 4.69) is 34.1 Å². The van der Waals surface area contributed by atoms with E-state index in [-0.39, 0.29) is 29.2 Å². The first-order valence-corrected chi connectivity index (χ1v) is 14.4. The quantitative estimate of drug-likeness (QED) is 0.334. The number of anilines is 1. The van der Waals surface area contributed by atoms with Gasteiger partial charge in [-0.1, -0.05) is 48.9 Å². The van der Waals surface area contributed by atoms with E-state index in [1.807, 2.05) is 18.2 Å². The Balaban J connectivity index is 1.52. The lowest BCUT2D eigenvalue weighted by molar-refractivity contribution is -0.137. The summed E-state index contributed by atoms with van der Waals surface area (Å²) in [6, 6.07) is 15.6. The number of urea groups is 1. The van der Waals surface area contributed by atoms with Crippen LogP contribution in [0.15, 0.2) is 71.6 Å². The van der Waals surface area contributed by atoms with Crippen molar-refractivity contribution in [3.63, 3.8) is 0 Å². The normalized spacial score (nSPS) is 19.5. The lowest BCUT2D eigenvalue weighted by atomic mass is 9.97. The molecule has 3 aromatic carbocycles. The Bertz CT molecular complexity index is 1400. The lowest BCUT2D eigenvalue weighted by Crippen LogP contribution is -2.55. The number of fused-ring (bicyclic) bond motifs is 1. The number of hydrogen-bond donors (Lipinski definition) is 3. The summed E-state index contributed by atoms with van der Waals surface area (Å²) in [5, 5.41) is 6.59. The van der Waals surface area contributed by atoms with Crippen molar-refractivity contribution in [1.82, 2.24) is 14.9 Å². The Morgan fingerprint density at radius 2 is 1.67 bits per heavy atom. The molecule has 3 N–H and O–H groups in total. The Labute approximate surface area is 226 Å². The summed E-state index contributed by atoms with van der Waals surface area (Å²) in [4.78, 5) is 15.2. The van der Waals surface area contributed by atoms with Crippen LogP contribution < -0.4 is 15.4 Å². The number of carbonyl (C=O) groups excluding carboxylic acids is 1. The second-order valence-electron chi connectivity index (χ2n) is 10.0. The highest BCUT2D eigenvalue weighted by Gasteiger charge is 2.31. The summed E-state index contributed by atoms with van der Waals surface area (Å²) >= 11 is 0. The second kappa shape index (κ2) is 11.9. The van der Waals surface area contributed by atoms with E-state index >= 15 is 0 Å². The third-order valence-electron chi connectivity index (χ3n) is 7.15. The number of amides is 2. The first-order chi connectivity index (χ1) is 18.4. The van der Waals surface area contributed by atoms with Crippen LogP contribution in [0.25, 0.3) is 10.8 Å². The molecule has 0 unspecified atom stereocenters. The smallest absolute Gasteiger partial charge is 0.333 e. The number of carbonyl (C=O) groups is 1. The molecule has 0 radical (unpaired) electrons. The zero-order chi connectivity index (χ0) is 28.2. The zero-order valence-electron chi connectivity index (χ0n) is 21.8. The minimum Gasteiger partial charge on any atom is -0.333 e. The molecule has 0 spiro atoms. The molecule has 0 aliphatic carbocycles. The predicted molar refractivity (Wildman–Crippen MR) is 146 cm³/mol. The second-order valence-corrected chi connectivity index (χ2v) is 11.8. The maximum atomic E-state index is 13.3. The predicted octanol–water partition coefficient (Wildman–Crippen LogP) is 5.59. The number of hydrogen-bond acceptors (Lipinski definition) is 4. The number of sulfonamides is 1. The summed E-state index contributed by atoms with van der Waals surface area (Å²) in [5.41, 5.74) is -0.896. The van der Waals surface area contributed by atoms with Crippen molar-refractivity contribution >= 4 is 32.5 Å². The fourth-order valence-corrected chi connectivity index (χ4v) is 6.40. The molecule has 210 valence electrons. The SMILES string of the molecule is C[C@@H]1CCC[C@H](C)N1C[C@H](CNS(=O)(=O)c1cccc2ccccc12)NC(=O)Nc1cccc(C(F)(F)F)c1. The highest BCUT2D eigenvalue weighted by Crippen LogP contribution is 2.30. The van der Waals surface area contributed by atoms with E-state index in [0.717, 1.165) is 36.8 Å². The van der Waals surface area contributed by atoms with E-state index in [1.165, 1.54) is 18.2 Å². The van der Waals surface area contributed by atoms with Gasteiger partial charge >= 0.3 is 12.2 Å². The molecule has 4 rings (SSSR count). The van der Waals surface area contributed by atoms with E-state index < -0.39 is 33.8 Å². The molecule has 1 aliphatic rings. The Kier molecular flexibility index (Phi) is 8.83. The largest absolute Gasteiger partial charge is 0.416 e. The van der Waals surface area contributed by atoms with Crippen molar-refractivity contribution in [2.24, 2.45) is 0 Å².